The van der Waals surface area contributed by atoms with Crippen LogP contribution in [0.2, 0.25) is 0 Å². The number of rotatable bonds is 4. The van der Waals surface area contributed by atoms with Gasteiger partial charge in [-0.15, -0.1) is 0 Å². The molecule has 1 saturated carbocycles. The first-order valence-corrected chi connectivity index (χ1v) is 6.30. The van der Waals surface area contributed by atoms with Gasteiger partial charge >= 0.3 is 6.03 Å². The van der Waals surface area contributed by atoms with E-state index in [1.807, 2.05) is 6.92 Å². The fourth-order valence-corrected chi connectivity index (χ4v) is 1.88. The lowest BCUT2D eigenvalue weighted by Crippen LogP contribution is -2.47. The van der Waals surface area contributed by atoms with Crippen LogP contribution in [0.5, 0.6) is 0 Å². The number of carbonyl (C=O) groups is 1. The van der Waals surface area contributed by atoms with Gasteiger partial charge in [-0.05, 0) is 26.2 Å². The average Bonchev–Trinajstić information content (AvgIpc) is 2.28. The van der Waals surface area contributed by atoms with Crippen molar-refractivity contribution < 1.29 is 9.90 Å². The van der Waals surface area contributed by atoms with Crippen LogP contribution in [0.3, 0.4) is 0 Å². The maximum Gasteiger partial charge on any atom is 0.315 e. The number of carbonyl (C=O) groups excluding carboxylic acids is 1. The molecule has 0 aromatic heterocycles. The summed E-state index contributed by atoms with van der Waals surface area (Å²) in [7, 11) is 0. The Bertz CT molecular complexity index is 223. The van der Waals surface area contributed by atoms with E-state index >= 15 is 0 Å². The lowest BCUT2D eigenvalue weighted by atomic mass is 9.96. The second-order valence-corrected chi connectivity index (χ2v) is 5.01. The molecule has 4 heteroatoms. The highest BCUT2D eigenvalue weighted by molar-refractivity contribution is 5.74. The van der Waals surface area contributed by atoms with Gasteiger partial charge in [-0.3, -0.25) is 0 Å². The average molecular weight is 228 g/mol. The van der Waals surface area contributed by atoms with Gasteiger partial charge in [0, 0.05) is 12.6 Å². The Labute approximate surface area is 97.8 Å². The van der Waals surface area contributed by atoms with Crippen molar-refractivity contribution >= 4 is 6.03 Å². The molecule has 0 radical (unpaired) electrons. The summed E-state index contributed by atoms with van der Waals surface area (Å²) in [6, 6.07) is 0.168. The highest BCUT2D eigenvalue weighted by Gasteiger charge is 2.20. The molecule has 1 aliphatic carbocycles. The number of aliphatic hydroxyl groups is 1. The van der Waals surface area contributed by atoms with Gasteiger partial charge in [0.05, 0.1) is 5.60 Å². The van der Waals surface area contributed by atoms with E-state index in [0.717, 1.165) is 12.8 Å². The highest BCUT2D eigenvalue weighted by atomic mass is 16.3. The number of hydrogen-bond acceptors (Lipinski definition) is 2. The van der Waals surface area contributed by atoms with E-state index in [9.17, 15) is 9.90 Å². The molecule has 3 N–H and O–H groups in total. The van der Waals surface area contributed by atoms with Crippen LogP contribution in [0.4, 0.5) is 4.79 Å². The van der Waals surface area contributed by atoms with Gasteiger partial charge in [0.15, 0.2) is 0 Å². The van der Waals surface area contributed by atoms with Crippen LogP contribution in [0.25, 0.3) is 0 Å². The van der Waals surface area contributed by atoms with Crippen molar-refractivity contribution in [3.05, 3.63) is 0 Å². The highest BCUT2D eigenvalue weighted by Crippen LogP contribution is 2.17. The zero-order valence-corrected chi connectivity index (χ0v) is 10.4. The summed E-state index contributed by atoms with van der Waals surface area (Å²) in [6.45, 7) is 3.94. The lowest BCUT2D eigenvalue weighted by Gasteiger charge is -2.25. The Morgan fingerprint density at radius 2 is 2.00 bits per heavy atom. The first-order chi connectivity index (χ1) is 7.53. The second kappa shape index (κ2) is 6.09. The van der Waals surface area contributed by atoms with Crippen molar-refractivity contribution in [1.29, 1.82) is 0 Å². The summed E-state index contributed by atoms with van der Waals surface area (Å²) >= 11 is 0. The van der Waals surface area contributed by atoms with Gasteiger partial charge in [-0.2, -0.15) is 0 Å². The van der Waals surface area contributed by atoms with Crippen LogP contribution < -0.4 is 10.6 Å². The van der Waals surface area contributed by atoms with Gasteiger partial charge in [-0.1, -0.05) is 26.2 Å². The van der Waals surface area contributed by atoms with E-state index in [2.05, 4.69) is 10.6 Å². The Morgan fingerprint density at radius 1 is 1.38 bits per heavy atom. The Balaban J connectivity index is 2.19. The number of urea groups is 1. The van der Waals surface area contributed by atoms with E-state index in [1.54, 1.807) is 6.92 Å². The van der Waals surface area contributed by atoms with Crippen molar-refractivity contribution in [3.8, 4) is 0 Å². The topological polar surface area (TPSA) is 61.4 Å². The molecule has 0 saturated heterocycles. The molecule has 1 aliphatic rings. The van der Waals surface area contributed by atoms with Gasteiger partial charge in [0.25, 0.3) is 0 Å². The molecule has 94 valence electrons. The second-order valence-electron chi connectivity index (χ2n) is 5.01. The first-order valence-electron chi connectivity index (χ1n) is 6.30. The van der Waals surface area contributed by atoms with Crippen LogP contribution in [-0.4, -0.2) is 29.3 Å². The van der Waals surface area contributed by atoms with E-state index in [1.165, 1.54) is 19.3 Å². The predicted octanol–water partition coefficient (Wildman–Crippen LogP) is 1.78. The third kappa shape index (κ3) is 4.84. The normalized spacial score (nSPS) is 21.2. The minimum atomic E-state index is -0.802. The lowest BCUT2D eigenvalue weighted by molar-refractivity contribution is 0.0580. The number of hydrogen-bond donors (Lipinski definition) is 3. The SMILES string of the molecule is CCC(C)(O)CNC(=O)NC1CCCCC1. The van der Waals surface area contributed by atoms with Gasteiger partial charge < -0.3 is 15.7 Å². The molecule has 16 heavy (non-hydrogen) atoms. The largest absolute Gasteiger partial charge is 0.388 e. The van der Waals surface area contributed by atoms with Crippen molar-refractivity contribution in [2.45, 2.75) is 64.0 Å². The van der Waals surface area contributed by atoms with Gasteiger partial charge in [-0.25, -0.2) is 4.79 Å². The Morgan fingerprint density at radius 3 is 2.56 bits per heavy atom. The van der Waals surface area contributed by atoms with Crippen molar-refractivity contribution in [2.75, 3.05) is 6.54 Å². The monoisotopic (exact) mass is 228 g/mol. The van der Waals surface area contributed by atoms with E-state index in [4.69, 9.17) is 0 Å². The number of amides is 2. The molecule has 0 aromatic rings. The van der Waals surface area contributed by atoms with Crippen LogP contribution >= 0.6 is 0 Å². The third-order valence-electron chi connectivity index (χ3n) is 3.33. The molecular weight excluding hydrogens is 204 g/mol. The maximum atomic E-state index is 11.5. The molecule has 0 spiro atoms. The van der Waals surface area contributed by atoms with Gasteiger partial charge in [0.1, 0.15) is 0 Å². The summed E-state index contributed by atoms with van der Waals surface area (Å²) in [5, 5.41) is 15.4. The smallest absolute Gasteiger partial charge is 0.315 e. The quantitative estimate of drug-likeness (QED) is 0.687. The van der Waals surface area contributed by atoms with Crippen molar-refractivity contribution in [3.63, 3.8) is 0 Å². The predicted molar refractivity (Wildman–Crippen MR) is 64.3 cm³/mol. The minimum absolute atomic E-state index is 0.152. The standard InChI is InChI=1S/C12H24N2O2/c1-3-12(2,16)9-13-11(15)14-10-7-5-4-6-8-10/h10,16H,3-9H2,1-2H3,(H2,13,14,15). The maximum absolute atomic E-state index is 11.5. The molecular formula is C12H24N2O2. The first kappa shape index (κ1) is 13.3. The molecule has 1 atom stereocenters. The third-order valence-corrected chi connectivity index (χ3v) is 3.33. The molecule has 0 bridgehead atoms. The number of nitrogens with one attached hydrogen (secondary N) is 2. The Kier molecular flexibility index (Phi) is 5.06. The molecule has 2 amide bonds. The zero-order chi connectivity index (χ0) is 12.0. The van der Waals surface area contributed by atoms with Crippen molar-refractivity contribution in [1.82, 2.24) is 10.6 Å². The minimum Gasteiger partial charge on any atom is -0.388 e. The molecule has 1 unspecified atom stereocenters. The summed E-state index contributed by atoms with van der Waals surface area (Å²) in [6.07, 6.45) is 6.49. The summed E-state index contributed by atoms with van der Waals surface area (Å²) in [5.41, 5.74) is -0.802. The molecule has 0 aromatic carbocycles. The van der Waals surface area contributed by atoms with Crippen LogP contribution in [-0.2, 0) is 0 Å². The van der Waals surface area contributed by atoms with Crippen LogP contribution in [0.15, 0.2) is 0 Å². The molecule has 0 aliphatic heterocycles. The zero-order valence-electron chi connectivity index (χ0n) is 10.4. The summed E-state index contributed by atoms with van der Waals surface area (Å²) < 4.78 is 0. The van der Waals surface area contributed by atoms with E-state index in [-0.39, 0.29) is 6.03 Å². The molecule has 4 nitrogen and oxygen atoms in total. The van der Waals surface area contributed by atoms with Crippen LogP contribution in [0.1, 0.15) is 52.4 Å². The van der Waals surface area contributed by atoms with Crippen molar-refractivity contribution in [2.24, 2.45) is 0 Å². The fraction of sp³-hybridized carbons (Fsp3) is 0.917. The molecule has 1 fully saturated rings. The van der Waals surface area contributed by atoms with E-state index in [0.29, 0.717) is 19.0 Å². The summed E-state index contributed by atoms with van der Waals surface area (Å²) in [4.78, 5) is 11.5. The fourth-order valence-electron chi connectivity index (χ4n) is 1.88. The molecule has 1 rings (SSSR count). The molecule has 0 heterocycles. The van der Waals surface area contributed by atoms with Crippen LogP contribution in [0, 0.1) is 0 Å². The van der Waals surface area contributed by atoms with Gasteiger partial charge in [0.2, 0.25) is 0 Å². The summed E-state index contributed by atoms with van der Waals surface area (Å²) in [5.74, 6) is 0. The Hall–Kier alpha value is -0.770. The van der Waals surface area contributed by atoms with E-state index < -0.39 is 5.60 Å².